The molecule has 3 rings (SSSR count). The van der Waals surface area contributed by atoms with Crippen molar-refractivity contribution in [1.82, 2.24) is 9.62 Å². The molecule has 28 heavy (non-hydrogen) atoms. The molecule has 1 saturated heterocycles. The number of benzene rings is 2. The van der Waals surface area contributed by atoms with Crippen molar-refractivity contribution in [3.05, 3.63) is 64.6 Å². The highest BCUT2D eigenvalue weighted by atomic mass is 79.9. The Kier molecular flexibility index (Phi) is 6.91. The minimum atomic E-state index is -3.71. The fourth-order valence-corrected chi connectivity index (χ4v) is 5.39. The predicted octanol–water partition coefficient (Wildman–Crippen LogP) is 3.91. The lowest BCUT2D eigenvalue weighted by molar-refractivity contribution is -0.125. The number of hydrogen-bond acceptors (Lipinski definition) is 3. The molecule has 1 N–H and O–H groups in total. The highest BCUT2D eigenvalue weighted by Crippen LogP contribution is 2.26. The fourth-order valence-electron chi connectivity index (χ4n) is 3.47. The summed E-state index contributed by atoms with van der Waals surface area (Å²) in [4.78, 5) is 13.1. The minimum Gasteiger partial charge on any atom is -0.354 e. The average Bonchev–Trinajstić information content (AvgIpc) is 2.72. The van der Waals surface area contributed by atoms with E-state index in [1.807, 2.05) is 37.3 Å². The van der Waals surface area contributed by atoms with E-state index in [9.17, 15) is 13.2 Å². The van der Waals surface area contributed by atoms with Gasteiger partial charge in [0.2, 0.25) is 15.9 Å². The van der Waals surface area contributed by atoms with Gasteiger partial charge in [0.15, 0.2) is 0 Å². The summed E-state index contributed by atoms with van der Waals surface area (Å²) in [5.41, 5.74) is 1.14. The molecule has 0 unspecified atom stereocenters. The number of sulfonamides is 1. The van der Waals surface area contributed by atoms with E-state index in [-0.39, 0.29) is 16.7 Å². The lowest BCUT2D eigenvalue weighted by atomic mass is 10.0. The summed E-state index contributed by atoms with van der Waals surface area (Å²) in [6.07, 6.45) is 2.15. The highest BCUT2D eigenvalue weighted by Gasteiger charge is 2.37. The maximum atomic E-state index is 13.1. The Morgan fingerprint density at radius 3 is 2.50 bits per heavy atom. The molecule has 5 nitrogen and oxygen atoms in total. The van der Waals surface area contributed by atoms with Gasteiger partial charge in [0.1, 0.15) is 6.04 Å². The number of carbonyl (C=O) groups is 1. The van der Waals surface area contributed by atoms with Crippen LogP contribution in [-0.4, -0.2) is 37.8 Å². The molecule has 0 radical (unpaired) electrons. The third-order valence-electron chi connectivity index (χ3n) is 5.13. The Morgan fingerprint density at radius 1 is 1.14 bits per heavy atom. The summed E-state index contributed by atoms with van der Waals surface area (Å²) in [6, 6.07) is 15.8. The normalized spacial score (nSPS) is 19.1. The molecule has 2 aromatic carbocycles. The van der Waals surface area contributed by atoms with Crippen LogP contribution >= 0.6 is 15.9 Å². The monoisotopic (exact) mass is 464 g/mol. The Bertz CT molecular complexity index is 901. The van der Waals surface area contributed by atoms with Crippen LogP contribution < -0.4 is 5.32 Å². The predicted molar refractivity (Wildman–Crippen MR) is 114 cm³/mol. The van der Waals surface area contributed by atoms with Crippen LogP contribution in [0.2, 0.25) is 0 Å². The zero-order chi connectivity index (χ0) is 20.1. The summed E-state index contributed by atoms with van der Waals surface area (Å²) in [7, 11) is -3.71. The zero-order valence-corrected chi connectivity index (χ0v) is 18.2. The molecule has 150 valence electrons. The largest absolute Gasteiger partial charge is 0.354 e. The lowest BCUT2D eigenvalue weighted by Gasteiger charge is -2.34. The standard InChI is InChI=1S/C21H25BrN2O3S/c1-16(17-7-3-2-4-8-17)15-23-21(25)20-9-5-6-14-24(20)28(26,27)19-12-10-18(22)11-13-19/h2-4,7-8,10-13,16,20H,5-6,9,14-15H2,1H3,(H,23,25)/t16-,20-/m1/s1. The van der Waals surface area contributed by atoms with Crippen molar-refractivity contribution in [2.45, 2.75) is 43.0 Å². The molecule has 0 aromatic heterocycles. The van der Waals surface area contributed by atoms with E-state index < -0.39 is 16.1 Å². The van der Waals surface area contributed by atoms with Gasteiger partial charge < -0.3 is 5.32 Å². The second-order valence-electron chi connectivity index (χ2n) is 7.14. The van der Waals surface area contributed by atoms with Gasteiger partial charge in [-0.15, -0.1) is 0 Å². The summed E-state index contributed by atoms with van der Waals surface area (Å²) < 4.78 is 28.4. The van der Waals surface area contributed by atoms with E-state index in [1.54, 1.807) is 24.3 Å². The SMILES string of the molecule is C[C@H](CNC(=O)[C@H]1CCCCN1S(=O)(=O)c1ccc(Br)cc1)c1ccccc1. The van der Waals surface area contributed by atoms with Crippen LogP contribution in [0.25, 0.3) is 0 Å². The van der Waals surface area contributed by atoms with Gasteiger partial charge in [-0.05, 0) is 48.6 Å². The van der Waals surface area contributed by atoms with E-state index in [0.29, 0.717) is 19.5 Å². The molecule has 0 spiro atoms. The molecule has 0 bridgehead atoms. The van der Waals surface area contributed by atoms with Crippen LogP contribution in [0.15, 0.2) is 64.0 Å². The fraction of sp³-hybridized carbons (Fsp3) is 0.381. The van der Waals surface area contributed by atoms with Crippen molar-refractivity contribution in [2.75, 3.05) is 13.1 Å². The van der Waals surface area contributed by atoms with Gasteiger partial charge in [0.25, 0.3) is 0 Å². The second kappa shape index (κ2) is 9.20. The summed E-state index contributed by atoms with van der Waals surface area (Å²) in [5.74, 6) is -0.0616. The van der Waals surface area contributed by atoms with Gasteiger partial charge in [-0.25, -0.2) is 8.42 Å². The molecule has 2 atom stereocenters. The van der Waals surface area contributed by atoms with Crippen LogP contribution in [0.4, 0.5) is 0 Å². The molecular formula is C21H25BrN2O3S. The molecule has 1 aliphatic rings. The maximum Gasteiger partial charge on any atom is 0.243 e. The highest BCUT2D eigenvalue weighted by molar-refractivity contribution is 9.10. The number of nitrogens with one attached hydrogen (secondary N) is 1. The number of amides is 1. The van der Waals surface area contributed by atoms with Crippen molar-refractivity contribution in [3.8, 4) is 0 Å². The number of halogens is 1. The van der Waals surface area contributed by atoms with Crippen LogP contribution in [0.1, 0.15) is 37.7 Å². The van der Waals surface area contributed by atoms with Crippen molar-refractivity contribution < 1.29 is 13.2 Å². The topological polar surface area (TPSA) is 66.5 Å². The molecule has 0 aliphatic carbocycles. The van der Waals surface area contributed by atoms with Crippen LogP contribution in [0.5, 0.6) is 0 Å². The number of carbonyl (C=O) groups excluding carboxylic acids is 1. The van der Waals surface area contributed by atoms with Crippen molar-refractivity contribution in [1.29, 1.82) is 0 Å². The van der Waals surface area contributed by atoms with Gasteiger partial charge in [0.05, 0.1) is 4.90 Å². The van der Waals surface area contributed by atoms with E-state index >= 15 is 0 Å². The molecule has 0 saturated carbocycles. The molecular weight excluding hydrogens is 440 g/mol. The van der Waals surface area contributed by atoms with Gasteiger partial charge >= 0.3 is 0 Å². The molecule has 7 heteroatoms. The minimum absolute atomic E-state index is 0.158. The average molecular weight is 465 g/mol. The van der Waals surface area contributed by atoms with Crippen LogP contribution in [0.3, 0.4) is 0 Å². The molecule has 1 heterocycles. The van der Waals surface area contributed by atoms with E-state index in [1.165, 1.54) is 4.31 Å². The molecule has 1 aliphatic heterocycles. The smallest absolute Gasteiger partial charge is 0.243 e. The summed E-state index contributed by atoms with van der Waals surface area (Å²) in [5, 5.41) is 2.96. The first-order chi connectivity index (χ1) is 13.4. The molecule has 1 amide bonds. The number of piperidine rings is 1. The summed E-state index contributed by atoms with van der Waals surface area (Å²) in [6.45, 7) is 2.89. The Hall–Kier alpha value is -1.70. The quantitative estimate of drug-likeness (QED) is 0.704. The van der Waals surface area contributed by atoms with Gasteiger partial charge in [0, 0.05) is 17.6 Å². The van der Waals surface area contributed by atoms with Crippen LogP contribution in [0, 0.1) is 0 Å². The van der Waals surface area contributed by atoms with Gasteiger partial charge in [-0.2, -0.15) is 4.31 Å². The Balaban J connectivity index is 1.72. The molecule has 1 fully saturated rings. The first-order valence-corrected chi connectivity index (χ1v) is 11.7. The first kappa shape index (κ1) is 21.0. The van der Waals surface area contributed by atoms with Gasteiger partial charge in [-0.3, -0.25) is 4.79 Å². The van der Waals surface area contributed by atoms with Crippen molar-refractivity contribution in [2.24, 2.45) is 0 Å². The zero-order valence-electron chi connectivity index (χ0n) is 15.8. The summed E-state index contributed by atoms with van der Waals surface area (Å²) >= 11 is 3.32. The van der Waals surface area contributed by atoms with Crippen molar-refractivity contribution >= 4 is 31.9 Å². The first-order valence-electron chi connectivity index (χ1n) is 9.49. The second-order valence-corrected chi connectivity index (χ2v) is 9.94. The number of rotatable bonds is 6. The van der Waals surface area contributed by atoms with Crippen molar-refractivity contribution in [3.63, 3.8) is 0 Å². The van der Waals surface area contributed by atoms with Gasteiger partial charge in [-0.1, -0.05) is 59.6 Å². The van der Waals surface area contributed by atoms with E-state index in [0.717, 1.165) is 22.9 Å². The number of nitrogens with zero attached hydrogens (tertiary/aromatic N) is 1. The lowest BCUT2D eigenvalue weighted by Crippen LogP contribution is -2.52. The maximum absolute atomic E-state index is 13.1. The van der Waals surface area contributed by atoms with Crippen LogP contribution in [-0.2, 0) is 14.8 Å². The third kappa shape index (κ3) is 4.82. The Labute approximate surface area is 175 Å². The number of hydrogen-bond donors (Lipinski definition) is 1. The Morgan fingerprint density at radius 2 is 1.82 bits per heavy atom. The van der Waals surface area contributed by atoms with E-state index in [2.05, 4.69) is 21.2 Å². The molecule has 2 aromatic rings. The van der Waals surface area contributed by atoms with E-state index in [4.69, 9.17) is 0 Å². The third-order valence-corrected chi connectivity index (χ3v) is 7.58.